The predicted molar refractivity (Wildman–Crippen MR) is 150 cm³/mol. The number of benzene rings is 2. The van der Waals surface area contributed by atoms with Gasteiger partial charge in [0.2, 0.25) is 21.8 Å². The first kappa shape index (κ1) is 31.3. The maximum Gasteiger partial charge on any atom is 0.243 e. The number of nitrogens with zero attached hydrogens (tertiary/aromatic N) is 2. The van der Waals surface area contributed by atoms with Gasteiger partial charge in [-0.2, -0.15) is 0 Å². The standard InChI is InChI=1S/C29H39F2N3O5S/c1-4-27(29(36)32-22-11-6-5-7-12-22)33(20-21-10-8-13-24(18-21)39-2)28(35)14-9-17-34(40(3,37)38)23-15-16-25(30)26(31)19-23/h8,10,13,15-16,18-19,22,27H,4-7,9,11-12,14,17,20H2,1-3H3,(H,32,36)/t27-/m1/s1. The van der Waals surface area contributed by atoms with Crippen molar-refractivity contribution in [3.63, 3.8) is 0 Å². The highest BCUT2D eigenvalue weighted by Gasteiger charge is 2.30. The minimum Gasteiger partial charge on any atom is -0.497 e. The largest absolute Gasteiger partial charge is 0.497 e. The lowest BCUT2D eigenvalue weighted by Crippen LogP contribution is -2.51. The minimum atomic E-state index is -3.83. The van der Waals surface area contributed by atoms with E-state index in [1.807, 2.05) is 19.1 Å². The molecule has 2 amide bonds. The molecule has 0 saturated heterocycles. The van der Waals surface area contributed by atoms with Gasteiger partial charge in [-0.1, -0.05) is 38.3 Å². The van der Waals surface area contributed by atoms with Crippen molar-refractivity contribution in [2.24, 2.45) is 0 Å². The molecule has 1 fully saturated rings. The summed E-state index contributed by atoms with van der Waals surface area (Å²) in [5.41, 5.74) is 0.761. The molecule has 11 heteroatoms. The van der Waals surface area contributed by atoms with E-state index in [9.17, 15) is 26.8 Å². The molecule has 0 bridgehead atoms. The number of carbonyl (C=O) groups is 2. The predicted octanol–water partition coefficient (Wildman–Crippen LogP) is 4.78. The second-order valence-electron chi connectivity index (χ2n) is 10.2. The number of sulfonamides is 1. The number of methoxy groups -OCH3 is 1. The van der Waals surface area contributed by atoms with E-state index in [0.717, 1.165) is 60.4 Å². The Morgan fingerprint density at radius 3 is 2.42 bits per heavy atom. The van der Waals surface area contributed by atoms with E-state index in [1.54, 1.807) is 19.2 Å². The molecule has 1 aliphatic carbocycles. The summed E-state index contributed by atoms with van der Waals surface area (Å²) >= 11 is 0. The smallest absolute Gasteiger partial charge is 0.243 e. The Balaban J connectivity index is 1.78. The van der Waals surface area contributed by atoms with Crippen molar-refractivity contribution in [3.8, 4) is 5.75 Å². The van der Waals surface area contributed by atoms with Crippen LogP contribution in [-0.4, -0.2) is 57.1 Å². The number of hydrogen-bond acceptors (Lipinski definition) is 5. The van der Waals surface area contributed by atoms with E-state index < -0.39 is 27.7 Å². The lowest BCUT2D eigenvalue weighted by atomic mass is 9.95. The number of ether oxygens (including phenoxy) is 1. The molecule has 3 rings (SSSR count). The zero-order chi connectivity index (χ0) is 29.3. The van der Waals surface area contributed by atoms with Gasteiger partial charge in [-0.15, -0.1) is 0 Å². The lowest BCUT2D eigenvalue weighted by Gasteiger charge is -2.33. The lowest BCUT2D eigenvalue weighted by molar-refractivity contribution is -0.141. The van der Waals surface area contributed by atoms with Gasteiger partial charge in [0, 0.05) is 31.6 Å². The molecule has 0 aromatic heterocycles. The molecule has 0 aliphatic heterocycles. The molecule has 2 aromatic rings. The van der Waals surface area contributed by atoms with E-state index in [1.165, 1.54) is 11.0 Å². The van der Waals surface area contributed by atoms with Crippen LogP contribution < -0.4 is 14.4 Å². The van der Waals surface area contributed by atoms with Gasteiger partial charge in [0.05, 0.1) is 19.1 Å². The summed E-state index contributed by atoms with van der Waals surface area (Å²) in [7, 11) is -2.28. The highest BCUT2D eigenvalue weighted by atomic mass is 32.2. The third kappa shape index (κ3) is 8.64. The third-order valence-electron chi connectivity index (χ3n) is 7.17. The van der Waals surface area contributed by atoms with E-state index in [-0.39, 0.29) is 49.5 Å². The molecule has 1 saturated carbocycles. The van der Waals surface area contributed by atoms with Gasteiger partial charge in [-0.3, -0.25) is 13.9 Å². The monoisotopic (exact) mass is 579 g/mol. The number of hydrogen-bond donors (Lipinski definition) is 1. The van der Waals surface area contributed by atoms with Gasteiger partial charge < -0.3 is 15.0 Å². The molecule has 0 heterocycles. The summed E-state index contributed by atoms with van der Waals surface area (Å²) in [6.07, 6.45) is 6.53. The molecule has 40 heavy (non-hydrogen) atoms. The molecular formula is C29H39F2N3O5S. The molecule has 0 unspecified atom stereocenters. The first-order chi connectivity index (χ1) is 19.0. The average molecular weight is 580 g/mol. The zero-order valence-corrected chi connectivity index (χ0v) is 24.2. The molecule has 1 N–H and O–H groups in total. The van der Waals surface area contributed by atoms with Crippen molar-refractivity contribution in [2.45, 2.75) is 76.9 Å². The van der Waals surface area contributed by atoms with Crippen molar-refractivity contribution >= 4 is 27.5 Å². The van der Waals surface area contributed by atoms with Crippen molar-refractivity contribution in [1.29, 1.82) is 0 Å². The Hall–Kier alpha value is -3.21. The Morgan fingerprint density at radius 1 is 1.07 bits per heavy atom. The number of carbonyl (C=O) groups excluding carboxylic acids is 2. The van der Waals surface area contributed by atoms with Crippen LogP contribution in [0.2, 0.25) is 0 Å². The van der Waals surface area contributed by atoms with E-state index >= 15 is 0 Å². The third-order valence-corrected chi connectivity index (χ3v) is 8.36. The van der Waals surface area contributed by atoms with Crippen molar-refractivity contribution in [2.75, 3.05) is 24.2 Å². The van der Waals surface area contributed by atoms with Gasteiger partial charge >= 0.3 is 0 Å². The Labute approximate surface area is 235 Å². The fourth-order valence-electron chi connectivity index (χ4n) is 5.08. The van der Waals surface area contributed by atoms with Crippen LogP contribution >= 0.6 is 0 Å². The van der Waals surface area contributed by atoms with Gasteiger partial charge in [0.25, 0.3) is 0 Å². The first-order valence-corrected chi connectivity index (χ1v) is 15.5. The van der Waals surface area contributed by atoms with Gasteiger partial charge in [0.1, 0.15) is 11.8 Å². The van der Waals surface area contributed by atoms with Crippen LogP contribution in [0.5, 0.6) is 5.75 Å². The summed E-state index contributed by atoms with van der Waals surface area (Å²) in [4.78, 5) is 28.5. The Morgan fingerprint density at radius 2 is 1.80 bits per heavy atom. The summed E-state index contributed by atoms with van der Waals surface area (Å²) in [6, 6.07) is 9.49. The topological polar surface area (TPSA) is 96.0 Å². The number of anilines is 1. The van der Waals surface area contributed by atoms with Crippen LogP contribution in [0.25, 0.3) is 0 Å². The van der Waals surface area contributed by atoms with Crippen LogP contribution in [0.4, 0.5) is 14.5 Å². The summed E-state index contributed by atoms with van der Waals surface area (Å²) in [5.74, 6) is -2.14. The average Bonchev–Trinajstić information content (AvgIpc) is 2.92. The SMILES string of the molecule is CC[C@H](C(=O)NC1CCCCC1)N(Cc1cccc(OC)c1)C(=O)CCCN(c1ccc(F)c(F)c1)S(C)(=O)=O. The van der Waals surface area contributed by atoms with Crippen LogP contribution in [0.1, 0.15) is 63.9 Å². The highest BCUT2D eigenvalue weighted by Crippen LogP contribution is 2.23. The Kier molecular flexibility index (Phi) is 11.3. The fraction of sp³-hybridized carbons (Fsp3) is 0.517. The number of amides is 2. The number of rotatable bonds is 13. The van der Waals surface area contributed by atoms with Crippen molar-refractivity contribution in [3.05, 3.63) is 59.7 Å². The second kappa shape index (κ2) is 14.4. The normalized spacial score (nSPS) is 14.8. The molecule has 1 atom stereocenters. The zero-order valence-electron chi connectivity index (χ0n) is 23.4. The summed E-state index contributed by atoms with van der Waals surface area (Å²) in [5, 5.41) is 3.13. The molecule has 8 nitrogen and oxygen atoms in total. The first-order valence-electron chi connectivity index (χ1n) is 13.7. The summed E-state index contributed by atoms with van der Waals surface area (Å²) < 4.78 is 58.3. The summed E-state index contributed by atoms with van der Waals surface area (Å²) in [6.45, 7) is 1.91. The maximum atomic E-state index is 13.8. The number of nitrogens with one attached hydrogen (secondary N) is 1. The van der Waals surface area contributed by atoms with Crippen LogP contribution in [-0.2, 0) is 26.2 Å². The van der Waals surface area contributed by atoms with Gasteiger partial charge in [0.15, 0.2) is 11.6 Å². The maximum absolute atomic E-state index is 13.8. The molecule has 1 aliphatic rings. The minimum absolute atomic E-state index is 0.0274. The van der Waals surface area contributed by atoms with Gasteiger partial charge in [-0.25, -0.2) is 17.2 Å². The number of halogens is 2. The molecule has 0 spiro atoms. The van der Waals surface area contributed by atoms with E-state index in [2.05, 4.69) is 5.32 Å². The Bertz CT molecular complexity index is 1270. The van der Waals surface area contributed by atoms with Crippen molar-refractivity contribution < 1.29 is 31.5 Å². The van der Waals surface area contributed by atoms with E-state index in [4.69, 9.17) is 4.74 Å². The molecule has 220 valence electrons. The van der Waals surface area contributed by atoms with Crippen LogP contribution in [0.15, 0.2) is 42.5 Å². The van der Waals surface area contributed by atoms with Crippen LogP contribution in [0.3, 0.4) is 0 Å². The molecule has 0 radical (unpaired) electrons. The quantitative estimate of drug-likeness (QED) is 0.369. The van der Waals surface area contributed by atoms with Gasteiger partial charge in [-0.05, 0) is 55.5 Å². The highest BCUT2D eigenvalue weighted by molar-refractivity contribution is 7.92. The van der Waals surface area contributed by atoms with Crippen LogP contribution in [0, 0.1) is 11.6 Å². The molecule has 2 aromatic carbocycles. The molecular weight excluding hydrogens is 540 g/mol. The van der Waals surface area contributed by atoms with Crippen molar-refractivity contribution in [1.82, 2.24) is 10.2 Å². The second-order valence-corrected chi connectivity index (χ2v) is 12.1. The van der Waals surface area contributed by atoms with E-state index in [0.29, 0.717) is 12.2 Å². The fourth-order valence-corrected chi connectivity index (χ4v) is 6.03.